The first-order valence-electron chi connectivity index (χ1n) is 6.78. The normalized spacial score (nSPS) is 10.4. The molecule has 2 aromatic rings. The Bertz CT molecular complexity index is 793. The first-order chi connectivity index (χ1) is 11.5. The standard InChI is InChI=1S/C16H14ClN3O4/c1-24-13-8-4-5-10(14(13)21)9-18-20-16(23)15(22)19-12-7-3-2-6-11(12)17/h2-9,21H,1H3,(H,19,22)(H,20,23)/b18-9+. The highest BCUT2D eigenvalue weighted by molar-refractivity contribution is 6.41. The minimum absolute atomic E-state index is 0.126. The molecule has 24 heavy (non-hydrogen) atoms. The molecule has 0 aliphatic rings. The third-order valence-electron chi connectivity index (χ3n) is 2.95. The number of hydrazone groups is 1. The predicted octanol–water partition coefficient (Wildman–Crippen LogP) is 2.14. The lowest BCUT2D eigenvalue weighted by atomic mass is 10.2. The van der Waals surface area contributed by atoms with E-state index in [-0.39, 0.29) is 11.5 Å². The SMILES string of the molecule is COc1cccc(/C=N/NC(=O)C(=O)Nc2ccccc2Cl)c1O. The largest absolute Gasteiger partial charge is 0.504 e. The van der Waals surface area contributed by atoms with Crippen molar-refractivity contribution in [1.82, 2.24) is 5.43 Å². The van der Waals surface area contributed by atoms with Gasteiger partial charge in [-0.05, 0) is 24.3 Å². The van der Waals surface area contributed by atoms with Gasteiger partial charge in [0.1, 0.15) is 0 Å². The molecule has 0 fully saturated rings. The molecule has 3 N–H and O–H groups in total. The topological polar surface area (TPSA) is 100 Å². The Hall–Kier alpha value is -3.06. The third-order valence-corrected chi connectivity index (χ3v) is 3.28. The van der Waals surface area contributed by atoms with Crippen molar-refractivity contribution in [3.8, 4) is 11.5 Å². The molecule has 0 bridgehead atoms. The maximum atomic E-state index is 11.7. The van der Waals surface area contributed by atoms with Crippen molar-refractivity contribution < 1.29 is 19.4 Å². The Kier molecular flexibility index (Phi) is 5.75. The summed E-state index contributed by atoms with van der Waals surface area (Å²) in [4.78, 5) is 23.4. The number of phenolic OH excluding ortho intramolecular Hbond substituents is 1. The van der Waals surface area contributed by atoms with E-state index in [2.05, 4.69) is 15.8 Å². The van der Waals surface area contributed by atoms with Gasteiger partial charge in [0.2, 0.25) is 0 Å². The van der Waals surface area contributed by atoms with Gasteiger partial charge in [0.15, 0.2) is 11.5 Å². The van der Waals surface area contributed by atoms with Crippen molar-refractivity contribution in [3.05, 3.63) is 53.1 Å². The highest BCUT2D eigenvalue weighted by Crippen LogP contribution is 2.27. The predicted molar refractivity (Wildman–Crippen MR) is 90.5 cm³/mol. The molecular weight excluding hydrogens is 334 g/mol. The van der Waals surface area contributed by atoms with E-state index in [1.807, 2.05) is 0 Å². The summed E-state index contributed by atoms with van der Waals surface area (Å²) >= 11 is 5.89. The number of carbonyl (C=O) groups is 2. The van der Waals surface area contributed by atoms with Gasteiger partial charge in [-0.1, -0.05) is 29.8 Å². The number of hydrogen-bond donors (Lipinski definition) is 3. The van der Waals surface area contributed by atoms with Gasteiger partial charge in [0, 0.05) is 5.56 Å². The quantitative estimate of drug-likeness (QED) is 0.448. The maximum Gasteiger partial charge on any atom is 0.329 e. The van der Waals surface area contributed by atoms with Crippen LogP contribution < -0.4 is 15.5 Å². The highest BCUT2D eigenvalue weighted by atomic mass is 35.5. The second-order valence-electron chi connectivity index (χ2n) is 4.53. The van der Waals surface area contributed by atoms with Crippen LogP contribution in [0.25, 0.3) is 0 Å². The van der Waals surface area contributed by atoms with E-state index in [4.69, 9.17) is 16.3 Å². The molecule has 124 valence electrons. The Morgan fingerprint density at radius 3 is 2.62 bits per heavy atom. The Labute approximate surface area is 142 Å². The smallest absolute Gasteiger partial charge is 0.329 e. The maximum absolute atomic E-state index is 11.7. The Balaban J connectivity index is 1.98. The molecule has 0 heterocycles. The molecule has 0 aromatic heterocycles. The zero-order valence-corrected chi connectivity index (χ0v) is 13.4. The van der Waals surface area contributed by atoms with Crippen molar-refractivity contribution in [2.45, 2.75) is 0 Å². The Morgan fingerprint density at radius 1 is 1.17 bits per heavy atom. The summed E-state index contributed by atoms with van der Waals surface area (Å²) in [7, 11) is 1.41. The molecule has 0 aliphatic carbocycles. The molecule has 7 nitrogen and oxygen atoms in total. The monoisotopic (exact) mass is 347 g/mol. The number of aromatic hydroxyl groups is 1. The van der Waals surface area contributed by atoms with Crippen LogP contribution in [-0.2, 0) is 9.59 Å². The summed E-state index contributed by atoms with van der Waals surface area (Å²) in [5.41, 5.74) is 2.69. The number of methoxy groups -OCH3 is 1. The van der Waals surface area contributed by atoms with Gasteiger partial charge in [-0.15, -0.1) is 0 Å². The summed E-state index contributed by atoms with van der Waals surface area (Å²) in [5.74, 6) is -1.76. The molecule has 0 radical (unpaired) electrons. The van der Waals surface area contributed by atoms with Crippen LogP contribution in [0.15, 0.2) is 47.6 Å². The van der Waals surface area contributed by atoms with Gasteiger partial charge in [-0.3, -0.25) is 9.59 Å². The number of para-hydroxylation sites is 2. The number of benzene rings is 2. The molecule has 0 atom stereocenters. The highest BCUT2D eigenvalue weighted by Gasteiger charge is 2.14. The fourth-order valence-electron chi connectivity index (χ4n) is 1.76. The first kappa shape index (κ1) is 17.3. The van der Waals surface area contributed by atoms with E-state index in [9.17, 15) is 14.7 Å². The van der Waals surface area contributed by atoms with E-state index in [0.29, 0.717) is 16.3 Å². The minimum atomic E-state index is -0.978. The lowest BCUT2D eigenvalue weighted by Gasteiger charge is -2.06. The fourth-order valence-corrected chi connectivity index (χ4v) is 1.94. The molecule has 2 aromatic carbocycles. The van der Waals surface area contributed by atoms with Crippen LogP contribution >= 0.6 is 11.6 Å². The van der Waals surface area contributed by atoms with E-state index < -0.39 is 11.8 Å². The molecule has 8 heteroatoms. The van der Waals surface area contributed by atoms with Crippen LogP contribution in [0.3, 0.4) is 0 Å². The molecule has 0 saturated carbocycles. The van der Waals surface area contributed by atoms with E-state index in [1.165, 1.54) is 13.3 Å². The average Bonchev–Trinajstić information content (AvgIpc) is 2.58. The van der Waals surface area contributed by atoms with Crippen LogP contribution in [0.5, 0.6) is 11.5 Å². The molecule has 0 unspecified atom stereocenters. The molecule has 2 amide bonds. The Morgan fingerprint density at radius 2 is 1.92 bits per heavy atom. The van der Waals surface area contributed by atoms with Gasteiger partial charge in [-0.2, -0.15) is 5.10 Å². The summed E-state index contributed by atoms with van der Waals surface area (Å²) in [6, 6.07) is 11.3. The van der Waals surface area contributed by atoms with Gasteiger partial charge < -0.3 is 15.2 Å². The average molecular weight is 348 g/mol. The van der Waals surface area contributed by atoms with Crippen LogP contribution in [0.2, 0.25) is 5.02 Å². The fraction of sp³-hybridized carbons (Fsp3) is 0.0625. The lowest BCUT2D eigenvalue weighted by molar-refractivity contribution is -0.136. The van der Waals surface area contributed by atoms with Crippen LogP contribution in [-0.4, -0.2) is 30.2 Å². The number of phenols is 1. The summed E-state index contributed by atoms with van der Waals surface area (Å²) in [5, 5.41) is 16.2. The van der Waals surface area contributed by atoms with E-state index >= 15 is 0 Å². The van der Waals surface area contributed by atoms with Crippen molar-refractivity contribution in [2.24, 2.45) is 5.10 Å². The number of carbonyl (C=O) groups excluding carboxylic acids is 2. The van der Waals surface area contributed by atoms with Gasteiger partial charge in [0.25, 0.3) is 0 Å². The van der Waals surface area contributed by atoms with E-state index in [1.54, 1.807) is 42.5 Å². The zero-order chi connectivity index (χ0) is 17.5. The minimum Gasteiger partial charge on any atom is -0.504 e. The number of rotatable bonds is 4. The number of anilines is 1. The third kappa shape index (κ3) is 4.23. The number of halogens is 1. The first-order valence-corrected chi connectivity index (χ1v) is 7.15. The van der Waals surface area contributed by atoms with Crippen LogP contribution in [0.4, 0.5) is 5.69 Å². The van der Waals surface area contributed by atoms with Crippen molar-refractivity contribution in [1.29, 1.82) is 0 Å². The molecule has 2 rings (SSSR count). The molecule has 0 saturated heterocycles. The van der Waals surface area contributed by atoms with Gasteiger partial charge in [-0.25, -0.2) is 5.43 Å². The van der Waals surface area contributed by atoms with Gasteiger partial charge >= 0.3 is 11.8 Å². The van der Waals surface area contributed by atoms with Crippen molar-refractivity contribution in [3.63, 3.8) is 0 Å². The van der Waals surface area contributed by atoms with Crippen molar-refractivity contribution in [2.75, 3.05) is 12.4 Å². The molecular formula is C16H14ClN3O4. The molecule has 0 spiro atoms. The summed E-state index contributed by atoms with van der Waals surface area (Å²) in [6.07, 6.45) is 1.19. The number of nitrogens with one attached hydrogen (secondary N) is 2. The van der Waals surface area contributed by atoms with Gasteiger partial charge in [0.05, 0.1) is 24.0 Å². The summed E-state index contributed by atoms with van der Waals surface area (Å²) < 4.78 is 4.95. The van der Waals surface area contributed by atoms with Crippen LogP contribution in [0.1, 0.15) is 5.56 Å². The van der Waals surface area contributed by atoms with Crippen LogP contribution in [0, 0.1) is 0 Å². The number of ether oxygens (including phenoxy) is 1. The number of nitrogens with zero attached hydrogens (tertiary/aromatic N) is 1. The van der Waals surface area contributed by atoms with Crippen molar-refractivity contribution >= 4 is 35.3 Å². The van der Waals surface area contributed by atoms with E-state index in [0.717, 1.165) is 0 Å². The molecule has 0 aliphatic heterocycles. The second-order valence-corrected chi connectivity index (χ2v) is 4.94. The second kappa shape index (κ2) is 7.98. The lowest BCUT2D eigenvalue weighted by Crippen LogP contribution is -2.32. The zero-order valence-electron chi connectivity index (χ0n) is 12.6. The summed E-state index contributed by atoms with van der Waals surface area (Å²) in [6.45, 7) is 0. The number of hydrogen-bond acceptors (Lipinski definition) is 5. The number of amides is 2.